The zero-order valence-electron chi connectivity index (χ0n) is 17.5. The lowest BCUT2D eigenvalue weighted by Crippen LogP contribution is -2.40. The number of halogens is 1. The number of esters is 1. The lowest BCUT2D eigenvalue weighted by Gasteiger charge is -2.34. The zero-order chi connectivity index (χ0) is 21.5. The SMILES string of the molecule is [C-]#[N+]c1ccc(N2N=C3c4ccc(C(=O)OC)cc4CCC3C2C2CCCC2)cc1Cl. The number of carbonyl (C=O) groups is 1. The monoisotopic (exact) mass is 433 g/mol. The Labute approximate surface area is 187 Å². The minimum absolute atomic E-state index is 0.306. The predicted octanol–water partition coefficient (Wildman–Crippen LogP) is 6.02. The highest BCUT2D eigenvalue weighted by molar-refractivity contribution is 6.33. The van der Waals surface area contributed by atoms with E-state index >= 15 is 0 Å². The average Bonchev–Trinajstić information content (AvgIpc) is 3.45. The van der Waals surface area contributed by atoms with E-state index in [4.69, 9.17) is 28.0 Å². The summed E-state index contributed by atoms with van der Waals surface area (Å²) in [6.45, 7) is 7.28. The molecule has 0 amide bonds. The minimum atomic E-state index is -0.307. The molecule has 1 saturated carbocycles. The molecule has 158 valence electrons. The second-order valence-corrected chi connectivity index (χ2v) is 9.03. The van der Waals surface area contributed by atoms with Crippen LogP contribution in [-0.4, -0.2) is 24.8 Å². The van der Waals surface area contributed by atoms with E-state index in [-0.39, 0.29) is 5.97 Å². The number of carbonyl (C=O) groups excluding carboxylic acids is 1. The van der Waals surface area contributed by atoms with Gasteiger partial charge in [-0.15, -0.1) is 0 Å². The summed E-state index contributed by atoms with van der Waals surface area (Å²) < 4.78 is 4.89. The van der Waals surface area contributed by atoms with Gasteiger partial charge in [-0.3, -0.25) is 5.01 Å². The Bertz CT molecular complexity index is 1110. The van der Waals surface area contributed by atoms with Crippen LogP contribution in [0.15, 0.2) is 41.5 Å². The van der Waals surface area contributed by atoms with Gasteiger partial charge in [-0.1, -0.05) is 36.6 Å². The van der Waals surface area contributed by atoms with E-state index in [1.807, 2.05) is 30.3 Å². The summed E-state index contributed by atoms with van der Waals surface area (Å²) in [5.74, 6) is 0.652. The number of fused-ring (bicyclic) bond motifs is 3. The molecule has 0 spiro atoms. The first-order valence-corrected chi connectivity index (χ1v) is 11.2. The van der Waals surface area contributed by atoms with Gasteiger partial charge in [0.05, 0.1) is 36.7 Å². The van der Waals surface area contributed by atoms with Gasteiger partial charge in [0.1, 0.15) is 0 Å². The van der Waals surface area contributed by atoms with Crippen LogP contribution in [0, 0.1) is 18.4 Å². The maximum Gasteiger partial charge on any atom is 0.337 e. The van der Waals surface area contributed by atoms with Gasteiger partial charge in [-0.2, -0.15) is 5.10 Å². The van der Waals surface area contributed by atoms with Crippen LogP contribution in [0.3, 0.4) is 0 Å². The summed E-state index contributed by atoms with van der Waals surface area (Å²) in [6.07, 6.45) is 6.94. The normalized spacial score (nSPS) is 22.5. The molecule has 2 aromatic rings. The minimum Gasteiger partial charge on any atom is -0.465 e. The van der Waals surface area contributed by atoms with Crippen LogP contribution in [-0.2, 0) is 11.2 Å². The van der Waals surface area contributed by atoms with Crippen LogP contribution in [0.2, 0.25) is 5.02 Å². The fraction of sp³-hybridized carbons (Fsp3) is 0.400. The van der Waals surface area contributed by atoms with Crippen LogP contribution in [0.4, 0.5) is 11.4 Å². The van der Waals surface area contributed by atoms with Gasteiger partial charge in [-0.05, 0) is 61.4 Å². The Morgan fingerprint density at radius 1 is 1.19 bits per heavy atom. The predicted molar refractivity (Wildman–Crippen MR) is 122 cm³/mol. The molecule has 0 radical (unpaired) electrons. The molecule has 5 nitrogen and oxygen atoms in total. The molecule has 0 aromatic heterocycles. The van der Waals surface area contributed by atoms with E-state index in [1.54, 1.807) is 6.07 Å². The largest absolute Gasteiger partial charge is 0.465 e. The van der Waals surface area contributed by atoms with Crippen molar-refractivity contribution in [3.8, 4) is 0 Å². The van der Waals surface area contributed by atoms with Crippen molar-refractivity contribution >= 4 is 34.7 Å². The summed E-state index contributed by atoms with van der Waals surface area (Å²) in [4.78, 5) is 15.5. The first kappa shape index (κ1) is 20.1. The number of hydrogen-bond acceptors (Lipinski definition) is 4. The van der Waals surface area contributed by atoms with E-state index in [9.17, 15) is 4.79 Å². The maximum atomic E-state index is 12.0. The molecule has 1 fully saturated rings. The van der Waals surface area contributed by atoms with Crippen molar-refractivity contribution in [2.24, 2.45) is 16.9 Å². The van der Waals surface area contributed by atoms with Gasteiger partial charge < -0.3 is 4.74 Å². The summed E-state index contributed by atoms with van der Waals surface area (Å²) in [5.41, 5.74) is 5.41. The Morgan fingerprint density at radius 2 is 2.00 bits per heavy atom. The number of hydrogen-bond donors (Lipinski definition) is 0. The quantitative estimate of drug-likeness (QED) is 0.439. The smallest absolute Gasteiger partial charge is 0.337 e. The molecule has 2 aromatic carbocycles. The maximum absolute atomic E-state index is 12.0. The number of methoxy groups -OCH3 is 1. The molecule has 31 heavy (non-hydrogen) atoms. The number of anilines is 1. The third-order valence-corrected chi connectivity index (χ3v) is 7.29. The zero-order valence-corrected chi connectivity index (χ0v) is 18.2. The highest BCUT2D eigenvalue weighted by atomic mass is 35.5. The van der Waals surface area contributed by atoms with Crippen LogP contribution in [0.25, 0.3) is 4.85 Å². The van der Waals surface area contributed by atoms with E-state index in [1.165, 1.54) is 32.8 Å². The van der Waals surface area contributed by atoms with Crippen molar-refractivity contribution in [2.45, 2.75) is 44.6 Å². The van der Waals surface area contributed by atoms with E-state index in [0.717, 1.165) is 35.4 Å². The van der Waals surface area contributed by atoms with Gasteiger partial charge in [0.2, 0.25) is 5.69 Å². The fourth-order valence-corrected chi connectivity index (χ4v) is 5.76. The van der Waals surface area contributed by atoms with Crippen LogP contribution in [0.5, 0.6) is 0 Å². The number of aryl methyl sites for hydroxylation is 1. The molecule has 2 unspecified atom stereocenters. The molecule has 0 N–H and O–H groups in total. The Morgan fingerprint density at radius 3 is 2.71 bits per heavy atom. The summed E-state index contributed by atoms with van der Waals surface area (Å²) in [5, 5.41) is 7.77. The fourth-order valence-electron chi connectivity index (χ4n) is 5.54. The van der Waals surface area contributed by atoms with Gasteiger partial charge in [0.15, 0.2) is 0 Å². The second-order valence-electron chi connectivity index (χ2n) is 8.62. The number of rotatable bonds is 3. The highest BCUT2D eigenvalue weighted by Crippen LogP contribution is 2.45. The standard InChI is InChI=1S/C25H24ClN3O2/c1-27-22-12-9-18(14-21(22)26)29-24(15-5-3-4-6-15)20-11-7-16-13-17(25(30)31-2)8-10-19(16)23(20)28-29/h8-10,12-15,20,24H,3-7,11H2,2H3. The van der Waals surface area contributed by atoms with E-state index in [0.29, 0.717) is 34.2 Å². The number of nitrogens with zero attached hydrogens (tertiary/aromatic N) is 3. The van der Waals surface area contributed by atoms with Crippen molar-refractivity contribution in [1.82, 2.24) is 0 Å². The van der Waals surface area contributed by atoms with Gasteiger partial charge in [0.25, 0.3) is 0 Å². The lowest BCUT2D eigenvalue weighted by molar-refractivity contribution is 0.0600. The van der Waals surface area contributed by atoms with Crippen molar-refractivity contribution < 1.29 is 9.53 Å². The first-order valence-electron chi connectivity index (χ1n) is 10.9. The number of benzene rings is 2. The van der Waals surface area contributed by atoms with E-state index in [2.05, 4.69) is 9.85 Å². The molecule has 1 aliphatic heterocycles. The summed E-state index contributed by atoms with van der Waals surface area (Å²) >= 11 is 6.38. The Balaban J connectivity index is 1.57. The van der Waals surface area contributed by atoms with Crippen LogP contribution in [0.1, 0.15) is 53.6 Å². The van der Waals surface area contributed by atoms with Crippen molar-refractivity contribution in [3.63, 3.8) is 0 Å². The molecule has 2 atom stereocenters. The third-order valence-electron chi connectivity index (χ3n) is 6.99. The molecule has 1 heterocycles. The highest BCUT2D eigenvalue weighted by Gasteiger charge is 2.45. The molecular weight excluding hydrogens is 410 g/mol. The van der Waals surface area contributed by atoms with Crippen LogP contribution < -0.4 is 5.01 Å². The Hall–Kier alpha value is -2.84. The van der Waals surface area contributed by atoms with Crippen molar-refractivity contribution in [2.75, 3.05) is 12.1 Å². The topological polar surface area (TPSA) is 46.3 Å². The third kappa shape index (κ3) is 3.40. The molecular formula is C25H24ClN3O2. The molecule has 5 rings (SSSR count). The molecule has 3 aliphatic rings. The van der Waals surface area contributed by atoms with E-state index < -0.39 is 0 Å². The first-order chi connectivity index (χ1) is 15.1. The number of ether oxygens (including phenoxy) is 1. The van der Waals surface area contributed by atoms with Crippen molar-refractivity contribution in [3.05, 3.63) is 69.5 Å². The second kappa shape index (κ2) is 8.01. The van der Waals surface area contributed by atoms with Gasteiger partial charge >= 0.3 is 5.97 Å². The Kier molecular flexibility index (Phi) is 5.19. The molecule has 0 bridgehead atoms. The average molecular weight is 434 g/mol. The number of hydrazone groups is 1. The molecule has 0 saturated heterocycles. The van der Waals surface area contributed by atoms with Gasteiger partial charge in [0, 0.05) is 16.5 Å². The molecule has 6 heteroatoms. The summed E-state index contributed by atoms with van der Waals surface area (Å²) in [6, 6.07) is 11.7. The molecule has 2 aliphatic carbocycles. The van der Waals surface area contributed by atoms with Crippen LogP contribution >= 0.6 is 11.6 Å². The van der Waals surface area contributed by atoms with Crippen molar-refractivity contribution in [1.29, 1.82) is 0 Å². The van der Waals surface area contributed by atoms with Gasteiger partial charge in [-0.25, -0.2) is 9.64 Å². The lowest BCUT2D eigenvalue weighted by atomic mass is 9.75. The summed E-state index contributed by atoms with van der Waals surface area (Å²) in [7, 11) is 1.41.